The van der Waals surface area contributed by atoms with E-state index in [1.807, 2.05) is 30.3 Å². The second-order valence-electron chi connectivity index (χ2n) is 7.90. The van der Waals surface area contributed by atoms with Gasteiger partial charge in [0, 0.05) is 17.6 Å². The summed E-state index contributed by atoms with van der Waals surface area (Å²) in [5.74, 6) is -0.435. The molecule has 0 aromatic heterocycles. The number of nitrogens with zero attached hydrogens (tertiary/aromatic N) is 1. The minimum absolute atomic E-state index is 0.0463. The quantitative estimate of drug-likeness (QED) is 0.787. The molecule has 1 saturated carbocycles. The number of carbonyl (C=O) groups is 2. The Kier molecular flexibility index (Phi) is 5.90. The summed E-state index contributed by atoms with van der Waals surface area (Å²) < 4.78 is 13.0. The molecule has 0 radical (unpaired) electrons. The van der Waals surface area contributed by atoms with Crippen molar-refractivity contribution in [3.8, 4) is 0 Å². The summed E-state index contributed by atoms with van der Waals surface area (Å²) in [6.45, 7) is 1.36. The predicted molar refractivity (Wildman–Crippen MR) is 110 cm³/mol. The highest BCUT2D eigenvalue weighted by atomic mass is 19.1. The lowest BCUT2D eigenvalue weighted by Gasteiger charge is -2.36. The van der Waals surface area contributed by atoms with Crippen LogP contribution in [-0.4, -0.2) is 35.8 Å². The highest BCUT2D eigenvalue weighted by Gasteiger charge is 2.35. The molecular weight excluding hydrogens is 369 g/mol. The molecule has 5 nitrogen and oxygen atoms in total. The van der Waals surface area contributed by atoms with Crippen molar-refractivity contribution in [3.63, 3.8) is 0 Å². The van der Waals surface area contributed by atoms with Crippen molar-refractivity contribution in [2.75, 3.05) is 18.4 Å². The van der Waals surface area contributed by atoms with Crippen LogP contribution in [0.3, 0.4) is 0 Å². The molecule has 1 aliphatic heterocycles. The summed E-state index contributed by atoms with van der Waals surface area (Å²) in [7, 11) is 0. The van der Waals surface area contributed by atoms with E-state index in [4.69, 9.17) is 0 Å². The first-order chi connectivity index (χ1) is 14.1. The number of benzene rings is 2. The molecule has 1 saturated heterocycles. The minimum atomic E-state index is -0.326. The van der Waals surface area contributed by atoms with E-state index in [0.717, 1.165) is 18.4 Å². The van der Waals surface area contributed by atoms with Gasteiger partial charge in [0.15, 0.2) is 0 Å². The third kappa shape index (κ3) is 5.01. The predicted octanol–water partition coefficient (Wildman–Crippen LogP) is 3.50. The zero-order valence-corrected chi connectivity index (χ0v) is 16.3. The van der Waals surface area contributed by atoms with Crippen LogP contribution in [0.2, 0.25) is 0 Å². The first-order valence-corrected chi connectivity index (χ1v) is 10.3. The Morgan fingerprint density at radius 3 is 2.21 bits per heavy atom. The van der Waals surface area contributed by atoms with Crippen LogP contribution in [-0.2, 0) is 9.59 Å². The van der Waals surface area contributed by atoms with Crippen LogP contribution in [0.5, 0.6) is 0 Å². The number of piperidine rings is 1. The molecule has 0 bridgehead atoms. The van der Waals surface area contributed by atoms with E-state index in [1.165, 1.54) is 12.1 Å². The molecule has 29 heavy (non-hydrogen) atoms. The molecule has 152 valence electrons. The van der Waals surface area contributed by atoms with Crippen LogP contribution in [0, 0.1) is 11.7 Å². The Hall–Kier alpha value is -2.73. The van der Waals surface area contributed by atoms with E-state index in [0.29, 0.717) is 37.7 Å². The lowest BCUT2D eigenvalue weighted by Crippen LogP contribution is -2.46. The number of hydrogen-bond donors (Lipinski definition) is 2. The van der Waals surface area contributed by atoms with Gasteiger partial charge >= 0.3 is 0 Å². The van der Waals surface area contributed by atoms with Gasteiger partial charge in [0.1, 0.15) is 11.9 Å². The molecule has 2 fully saturated rings. The van der Waals surface area contributed by atoms with Crippen molar-refractivity contribution < 1.29 is 14.0 Å². The second-order valence-corrected chi connectivity index (χ2v) is 7.90. The van der Waals surface area contributed by atoms with Gasteiger partial charge < -0.3 is 10.6 Å². The molecule has 1 heterocycles. The monoisotopic (exact) mass is 395 g/mol. The summed E-state index contributed by atoms with van der Waals surface area (Å²) in [5, 5.41) is 6.00. The maximum Gasteiger partial charge on any atom is 0.242 e. The molecule has 0 spiro atoms. The topological polar surface area (TPSA) is 61.4 Å². The zero-order chi connectivity index (χ0) is 20.2. The maximum absolute atomic E-state index is 13.0. The number of rotatable bonds is 6. The summed E-state index contributed by atoms with van der Waals surface area (Å²) in [6, 6.07) is 15.6. The molecule has 1 aliphatic carbocycles. The molecular formula is C23H26FN3O2. The van der Waals surface area contributed by atoms with Crippen molar-refractivity contribution in [1.82, 2.24) is 10.2 Å². The van der Waals surface area contributed by atoms with Crippen molar-refractivity contribution in [1.29, 1.82) is 0 Å². The fourth-order valence-electron chi connectivity index (χ4n) is 3.87. The molecule has 1 atom stereocenters. The van der Waals surface area contributed by atoms with Gasteiger partial charge in [-0.05, 0) is 68.6 Å². The van der Waals surface area contributed by atoms with Gasteiger partial charge in [0.25, 0.3) is 0 Å². The molecule has 1 unspecified atom stereocenters. The standard InChI is InChI=1S/C23H26FN3O2/c24-18-6-8-19(9-7-18)25-22(28)17-12-14-27(15-13-17)21(16-4-2-1-3-5-16)23(29)26-20-10-11-20/h1-9,17,20-21H,10-15H2,(H,25,28)(H,26,29). The number of nitrogens with one attached hydrogen (secondary N) is 2. The van der Waals surface area contributed by atoms with Crippen LogP contribution in [0.4, 0.5) is 10.1 Å². The van der Waals surface area contributed by atoms with Gasteiger partial charge in [-0.1, -0.05) is 30.3 Å². The number of amides is 2. The smallest absolute Gasteiger partial charge is 0.242 e. The van der Waals surface area contributed by atoms with Crippen LogP contribution in [0.25, 0.3) is 0 Å². The van der Waals surface area contributed by atoms with E-state index >= 15 is 0 Å². The Morgan fingerprint density at radius 2 is 1.59 bits per heavy atom. The highest BCUT2D eigenvalue weighted by molar-refractivity contribution is 5.92. The van der Waals surface area contributed by atoms with E-state index in [9.17, 15) is 14.0 Å². The van der Waals surface area contributed by atoms with Crippen LogP contribution in [0.1, 0.15) is 37.3 Å². The SMILES string of the molecule is O=C(Nc1ccc(F)cc1)C1CCN(C(C(=O)NC2CC2)c2ccccc2)CC1. The van der Waals surface area contributed by atoms with Gasteiger partial charge in [-0.3, -0.25) is 14.5 Å². The van der Waals surface area contributed by atoms with Gasteiger partial charge in [-0.2, -0.15) is 0 Å². The van der Waals surface area contributed by atoms with Crippen molar-refractivity contribution >= 4 is 17.5 Å². The lowest BCUT2D eigenvalue weighted by atomic mass is 9.93. The average molecular weight is 395 g/mol. The van der Waals surface area contributed by atoms with Crippen molar-refractivity contribution in [2.24, 2.45) is 5.92 Å². The van der Waals surface area contributed by atoms with E-state index in [2.05, 4.69) is 15.5 Å². The molecule has 2 aromatic rings. The van der Waals surface area contributed by atoms with Crippen molar-refractivity contribution in [2.45, 2.75) is 37.8 Å². The Labute approximate surface area is 170 Å². The second kappa shape index (κ2) is 8.74. The first kappa shape index (κ1) is 19.6. The van der Waals surface area contributed by atoms with E-state index in [-0.39, 0.29) is 29.6 Å². The third-order valence-corrected chi connectivity index (χ3v) is 5.66. The summed E-state index contributed by atoms with van der Waals surface area (Å²) in [5.41, 5.74) is 1.59. The highest BCUT2D eigenvalue weighted by Crippen LogP contribution is 2.29. The number of anilines is 1. The van der Waals surface area contributed by atoms with Crippen molar-refractivity contribution in [3.05, 3.63) is 66.0 Å². The number of halogens is 1. The molecule has 4 rings (SSSR count). The molecule has 6 heteroatoms. The first-order valence-electron chi connectivity index (χ1n) is 10.3. The Balaban J connectivity index is 1.38. The molecule has 2 aromatic carbocycles. The molecule has 2 N–H and O–H groups in total. The van der Waals surface area contributed by atoms with Crippen LogP contribution in [0.15, 0.2) is 54.6 Å². The summed E-state index contributed by atoms with van der Waals surface area (Å²) in [4.78, 5) is 27.7. The number of hydrogen-bond acceptors (Lipinski definition) is 3. The van der Waals surface area contributed by atoms with E-state index < -0.39 is 0 Å². The van der Waals surface area contributed by atoms with Crippen LogP contribution >= 0.6 is 0 Å². The summed E-state index contributed by atoms with van der Waals surface area (Å²) >= 11 is 0. The van der Waals surface area contributed by atoms with Gasteiger partial charge in [0.2, 0.25) is 11.8 Å². The average Bonchev–Trinajstić information content (AvgIpc) is 3.55. The number of carbonyl (C=O) groups excluding carboxylic acids is 2. The Morgan fingerprint density at radius 1 is 0.931 bits per heavy atom. The van der Waals surface area contributed by atoms with Gasteiger partial charge in [-0.15, -0.1) is 0 Å². The van der Waals surface area contributed by atoms with Gasteiger partial charge in [-0.25, -0.2) is 4.39 Å². The normalized spacial score (nSPS) is 18.8. The number of likely N-dealkylation sites (tertiary alicyclic amines) is 1. The maximum atomic E-state index is 13.0. The molecule has 2 amide bonds. The molecule has 2 aliphatic rings. The summed E-state index contributed by atoms with van der Waals surface area (Å²) in [6.07, 6.45) is 3.48. The minimum Gasteiger partial charge on any atom is -0.352 e. The van der Waals surface area contributed by atoms with Gasteiger partial charge in [0.05, 0.1) is 0 Å². The lowest BCUT2D eigenvalue weighted by molar-refractivity contribution is -0.128. The fraction of sp³-hybridized carbons (Fsp3) is 0.391. The van der Waals surface area contributed by atoms with Crippen LogP contribution < -0.4 is 10.6 Å². The Bertz CT molecular complexity index is 844. The largest absolute Gasteiger partial charge is 0.352 e. The fourth-order valence-corrected chi connectivity index (χ4v) is 3.87. The third-order valence-electron chi connectivity index (χ3n) is 5.66. The van der Waals surface area contributed by atoms with E-state index in [1.54, 1.807) is 12.1 Å². The zero-order valence-electron chi connectivity index (χ0n) is 16.3.